The Morgan fingerprint density at radius 1 is 1.00 bits per heavy atom. The van der Waals surface area contributed by atoms with Gasteiger partial charge >= 0.3 is 6.03 Å². The van der Waals surface area contributed by atoms with Gasteiger partial charge in [0.25, 0.3) is 11.5 Å². The summed E-state index contributed by atoms with van der Waals surface area (Å²) in [4.78, 5) is 40.8. The Morgan fingerprint density at radius 2 is 1.71 bits per heavy atom. The molecule has 0 aliphatic carbocycles. The summed E-state index contributed by atoms with van der Waals surface area (Å²) in [5.74, 6) is -0.279. The van der Waals surface area contributed by atoms with E-state index in [-0.39, 0.29) is 29.6 Å². The van der Waals surface area contributed by atoms with Crippen molar-refractivity contribution in [3.8, 4) is 5.69 Å². The van der Waals surface area contributed by atoms with Gasteiger partial charge in [0.05, 0.1) is 12.1 Å². The molecule has 1 aromatic carbocycles. The van der Waals surface area contributed by atoms with Crippen molar-refractivity contribution in [1.82, 2.24) is 19.7 Å². The summed E-state index contributed by atoms with van der Waals surface area (Å²) in [6.07, 6.45) is 2.37. The standard InChI is InChI=1S/C22H27N5O4/c23-18-9-12-26(22(31)25-11-8-17(28)13-25)14-19(18)24-21(30)15-4-6-16(7-5-15)27-10-2-1-3-20(27)29/h1-7,10,17-19,28H,8-9,11-14,23H2,(H,24,30). The number of nitrogens with zero attached hydrogens (tertiary/aromatic N) is 3. The molecule has 0 bridgehead atoms. The smallest absolute Gasteiger partial charge is 0.320 e. The van der Waals surface area contributed by atoms with Crippen LogP contribution in [0.15, 0.2) is 53.5 Å². The molecule has 3 amide bonds. The van der Waals surface area contributed by atoms with Crippen LogP contribution in [0, 0.1) is 0 Å². The molecule has 1 aromatic heterocycles. The molecule has 0 radical (unpaired) electrons. The largest absolute Gasteiger partial charge is 0.391 e. The fraction of sp³-hybridized carbons (Fsp3) is 0.409. The summed E-state index contributed by atoms with van der Waals surface area (Å²) in [7, 11) is 0. The minimum atomic E-state index is -0.471. The van der Waals surface area contributed by atoms with E-state index in [0.717, 1.165) is 0 Å². The minimum absolute atomic E-state index is 0.125. The van der Waals surface area contributed by atoms with Gasteiger partial charge in [0.1, 0.15) is 0 Å². The number of carbonyl (C=O) groups excluding carboxylic acids is 2. The predicted octanol–water partition coefficient (Wildman–Crippen LogP) is 0.156. The lowest BCUT2D eigenvalue weighted by atomic mass is 10.00. The molecule has 3 atom stereocenters. The van der Waals surface area contributed by atoms with Gasteiger partial charge in [0.2, 0.25) is 0 Å². The van der Waals surface area contributed by atoms with Gasteiger partial charge in [-0.15, -0.1) is 0 Å². The van der Waals surface area contributed by atoms with Crippen LogP contribution in [0.3, 0.4) is 0 Å². The van der Waals surface area contributed by atoms with Gasteiger partial charge in [-0.2, -0.15) is 0 Å². The predicted molar refractivity (Wildman–Crippen MR) is 115 cm³/mol. The van der Waals surface area contributed by atoms with E-state index in [1.54, 1.807) is 52.4 Å². The number of hydrogen-bond acceptors (Lipinski definition) is 5. The zero-order chi connectivity index (χ0) is 22.0. The molecule has 0 saturated carbocycles. The van der Waals surface area contributed by atoms with Crippen molar-refractivity contribution in [1.29, 1.82) is 0 Å². The number of β-amino-alcohol motifs (C(OH)–C–C–N with tert-alkyl or cyclic N) is 1. The van der Waals surface area contributed by atoms with Crippen molar-refractivity contribution in [2.75, 3.05) is 26.2 Å². The second kappa shape index (κ2) is 8.91. The molecule has 2 fully saturated rings. The lowest BCUT2D eigenvalue weighted by Gasteiger charge is -2.38. The number of nitrogens with one attached hydrogen (secondary N) is 1. The van der Waals surface area contributed by atoms with Gasteiger partial charge in [-0.05, 0) is 43.2 Å². The summed E-state index contributed by atoms with van der Waals surface area (Å²) < 4.78 is 1.50. The number of likely N-dealkylation sites (tertiary alicyclic amines) is 2. The van der Waals surface area contributed by atoms with Gasteiger partial charge in [-0.3, -0.25) is 14.2 Å². The van der Waals surface area contributed by atoms with Crippen LogP contribution in [0.5, 0.6) is 0 Å². The molecule has 9 heteroatoms. The van der Waals surface area contributed by atoms with Crippen LogP contribution in [-0.4, -0.2) is 75.8 Å². The SMILES string of the molecule is NC1CCN(C(=O)N2CCC(O)C2)CC1NC(=O)c1ccc(-n2ccccc2=O)cc1. The maximum Gasteiger partial charge on any atom is 0.320 e. The van der Waals surface area contributed by atoms with E-state index in [4.69, 9.17) is 5.73 Å². The van der Waals surface area contributed by atoms with E-state index in [2.05, 4.69) is 5.32 Å². The summed E-state index contributed by atoms with van der Waals surface area (Å²) in [6, 6.07) is 10.9. The van der Waals surface area contributed by atoms with Crippen LogP contribution in [0.25, 0.3) is 5.69 Å². The molecule has 9 nitrogen and oxygen atoms in total. The van der Waals surface area contributed by atoms with Crippen LogP contribution in [0.4, 0.5) is 4.79 Å². The Bertz CT molecular complexity index is 1010. The molecule has 2 saturated heterocycles. The number of nitrogens with two attached hydrogens (primary N) is 1. The Hall–Kier alpha value is -3.17. The number of carbonyl (C=O) groups is 2. The fourth-order valence-corrected chi connectivity index (χ4v) is 4.08. The molecule has 2 aliphatic rings. The van der Waals surface area contributed by atoms with Crippen molar-refractivity contribution < 1.29 is 14.7 Å². The number of hydrogen-bond donors (Lipinski definition) is 3. The van der Waals surface area contributed by atoms with Crippen molar-refractivity contribution in [3.05, 3.63) is 64.6 Å². The third-order valence-electron chi connectivity index (χ3n) is 5.92. The molecule has 4 N–H and O–H groups in total. The van der Waals surface area contributed by atoms with E-state index in [0.29, 0.717) is 50.3 Å². The van der Waals surface area contributed by atoms with Crippen LogP contribution < -0.4 is 16.6 Å². The average molecular weight is 425 g/mol. The third kappa shape index (κ3) is 4.62. The lowest BCUT2D eigenvalue weighted by Crippen LogP contribution is -2.60. The van der Waals surface area contributed by atoms with Crippen LogP contribution in [0.1, 0.15) is 23.2 Å². The van der Waals surface area contributed by atoms with Gasteiger partial charge in [0, 0.05) is 55.7 Å². The maximum atomic E-state index is 12.8. The molecule has 4 rings (SSSR count). The van der Waals surface area contributed by atoms with Crippen molar-refractivity contribution in [2.45, 2.75) is 31.0 Å². The van der Waals surface area contributed by atoms with Crippen LogP contribution in [0.2, 0.25) is 0 Å². The van der Waals surface area contributed by atoms with Gasteiger partial charge in [-0.1, -0.05) is 6.07 Å². The Balaban J connectivity index is 1.40. The number of piperidine rings is 1. The molecule has 3 heterocycles. The van der Waals surface area contributed by atoms with Gasteiger partial charge < -0.3 is 26.0 Å². The molecule has 2 aromatic rings. The number of pyridine rings is 1. The van der Waals surface area contributed by atoms with E-state index < -0.39 is 6.10 Å². The molecule has 164 valence electrons. The normalized spacial score (nSPS) is 23.6. The molecule has 0 spiro atoms. The fourth-order valence-electron chi connectivity index (χ4n) is 4.08. The first-order valence-electron chi connectivity index (χ1n) is 10.5. The molecule has 2 aliphatic heterocycles. The first-order valence-corrected chi connectivity index (χ1v) is 10.5. The number of benzene rings is 1. The van der Waals surface area contributed by atoms with E-state index in [1.165, 1.54) is 10.6 Å². The highest BCUT2D eigenvalue weighted by molar-refractivity contribution is 5.94. The molecular formula is C22H27N5O4. The lowest BCUT2D eigenvalue weighted by molar-refractivity contribution is 0.0883. The summed E-state index contributed by atoms with van der Waals surface area (Å²) in [5, 5.41) is 12.6. The summed E-state index contributed by atoms with van der Waals surface area (Å²) in [6.45, 7) is 1.74. The van der Waals surface area contributed by atoms with Gasteiger partial charge in [0.15, 0.2) is 0 Å². The highest BCUT2D eigenvalue weighted by Gasteiger charge is 2.34. The zero-order valence-electron chi connectivity index (χ0n) is 17.2. The highest BCUT2D eigenvalue weighted by Crippen LogP contribution is 2.17. The number of amides is 3. The monoisotopic (exact) mass is 425 g/mol. The van der Waals surface area contributed by atoms with Crippen molar-refractivity contribution in [2.24, 2.45) is 5.73 Å². The Labute approximate surface area is 180 Å². The zero-order valence-corrected chi connectivity index (χ0v) is 17.2. The first-order chi connectivity index (χ1) is 14.9. The second-order valence-electron chi connectivity index (χ2n) is 8.11. The molecule has 31 heavy (non-hydrogen) atoms. The summed E-state index contributed by atoms with van der Waals surface area (Å²) >= 11 is 0. The highest BCUT2D eigenvalue weighted by atomic mass is 16.3. The molecular weight excluding hydrogens is 398 g/mol. The van der Waals surface area contributed by atoms with Crippen LogP contribution >= 0.6 is 0 Å². The Kier molecular flexibility index (Phi) is 6.06. The maximum absolute atomic E-state index is 12.8. The van der Waals surface area contributed by atoms with E-state index in [1.807, 2.05) is 0 Å². The van der Waals surface area contributed by atoms with E-state index >= 15 is 0 Å². The number of rotatable bonds is 3. The summed E-state index contributed by atoms with van der Waals surface area (Å²) in [5.41, 5.74) is 7.18. The first kappa shape index (κ1) is 21.1. The second-order valence-corrected chi connectivity index (χ2v) is 8.11. The Morgan fingerprint density at radius 3 is 2.39 bits per heavy atom. The van der Waals surface area contributed by atoms with Crippen molar-refractivity contribution in [3.63, 3.8) is 0 Å². The topological polar surface area (TPSA) is 121 Å². The van der Waals surface area contributed by atoms with Crippen molar-refractivity contribution >= 4 is 11.9 Å². The number of aliphatic hydroxyl groups is 1. The third-order valence-corrected chi connectivity index (χ3v) is 5.92. The van der Waals surface area contributed by atoms with Crippen LogP contribution in [-0.2, 0) is 0 Å². The molecule has 3 unspecified atom stereocenters. The number of aliphatic hydroxyl groups excluding tert-OH is 1. The average Bonchev–Trinajstić information content (AvgIpc) is 3.21. The quantitative estimate of drug-likeness (QED) is 0.647. The van der Waals surface area contributed by atoms with E-state index in [9.17, 15) is 19.5 Å². The number of aromatic nitrogens is 1. The minimum Gasteiger partial charge on any atom is -0.391 e. The number of urea groups is 1. The van der Waals surface area contributed by atoms with Gasteiger partial charge in [-0.25, -0.2) is 4.79 Å².